The highest BCUT2D eigenvalue weighted by atomic mass is 19.4. The van der Waals surface area contributed by atoms with Crippen LogP contribution < -0.4 is 16.4 Å². The van der Waals surface area contributed by atoms with E-state index in [4.69, 9.17) is 11.5 Å². The summed E-state index contributed by atoms with van der Waals surface area (Å²) in [5.74, 6) is -0.578. The topological polar surface area (TPSA) is 141 Å². The van der Waals surface area contributed by atoms with E-state index in [0.29, 0.717) is 17.7 Å². The van der Waals surface area contributed by atoms with Gasteiger partial charge in [0.15, 0.2) is 5.65 Å². The first-order valence-electron chi connectivity index (χ1n) is 12.9. The molecule has 5 heterocycles. The maximum Gasteiger partial charge on any atom is 0.408 e. The standard InChI is InChI=1S/C26H28F3N9O2/c27-26(28,29)14-37-10-18-23(34-37)32-15-33-24(18)36-6-4-25(13-36)3-5-35(12-25)9-16-1-2-17-8-20(22(31)40)38(11-21(30)39)19(17)7-16/h1-2,7-8,10,15H,3-6,9,11-14H2,(H2,30,39)(H2,31,40). The van der Waals surface area contributed by atoms with E-state index in [-0.39, 0.29) is 23.3 Å². The zero-order valence-corrected chi connectivity index (χ0v) is 21.6. The number of hydrogen-bond donors (Lipinski definition) is 2. The smallest absolute Gasteiger partial charge is 0.368 e. The number of halogens is 3. The second kappa shape index (κ2) is 9.47. The Bertz CT molecular complexity index is 1630. The van der Waals surface area contributed by atoms with Crippen molar-refractivity contribution in [1.29, 1.82) is 0 Å². The summed E-state index contributed by atoms with van der Waals surface area (Å²) in [6.07, 6.45) is 0.270. The first-order chi connectivity index (χ1) is 19.0. The number of aromatic nitrogens is 5. The molecule has 14 heteroatoms. The third-order valence-electron chi connectivity index (χ3n) is 7.88. The molecule has 1 atom stereocenters. The van der Waals surface area contributed by atoms with Crippen molar-refractivity contribution in [2.24, 2.45) is 16.9 Å². The van der Waals surface area contributed by atoms with Crippen molar-refractivity contribution >= 4 is 39.6 Å². The molecule has 2 aliphatic heterocycles. The van der Waals surface area contributed by atoms with E-state index in [0.717, 1.165) is 60.2 Å². The Balaban J connectivity index is 1.18. The predicted molar refractivity (Wildman–Crippen MR) is 140 cm³/mol. The summed E-state index contributed by atoms with van der Waals surface area (Å²) in [5, 5.41) is 5.31. The highest BCUT2D eigenvalue weighted by molar-refractivity contribution is 5.98. The molecule has 1 spiro atoms. The van der Waals surface area contributed by atoms with E-state index >= 15 is 0 Å². The molecule has 0 bridgehead atoms. The maximum absolute atomic E-state index is 12.9. The molecule has 1 aromatic carbocycles. The summed E-state index contributed by atoms with van der Waals surface area (Å²) in [4.78, 5) is 36.5. The molecule has 2 aliphatic rings. The third kappa shape index (κ3) is 4.94. The molecule has 0 radical (unpaired) electrons. The monoisotopic (exact) mass is 555 g/mol. The Hall–Kier alpha value is -4.20. The number of fused-ring (bicyclic) bond motifs is 2. The van der Waals surface area contributed by atoms with Crippen molar-refractivity contribution in [2.75, 3.05) is 31.1 Å². The van der Waals surface area contributed by atoms with Crippen LogP contribution in [0.25, 0.3) is 21.9 Å². The van der Waals surface area contributed by atoms with Crippen LogP contribution in [0.1, 0.15) is 28.9 Å². The van der Waals surface area contributed by atoms with Crippen molar-refractivity contribution in [3.05, 3.63) is 48.0 Å². The average Bonchev–Trinajstić information content (AvgIpc) is 3.64. The Morgan fingerprint density at radius 2 is 1.85 bits per heavy atom. The SMILES string of the molecule is NC(=O)Cn1c(C(N)=O)cc2ccc(CN3CCC4(CCN(c5ncnc6nn(CC(F)(F)F)cc56)C4)C3)cc21. The van der Waals surface area contributed by atoms with Crippen molar-refractivity contribution < 1.29 is 22.8 Å². The van der Waals surface area contributed by atoms with Gasteiger partial charge in [-0.05, 0) is 37.1 Å². The predicted octanol–water partition coefficient (Wildman–Crippen LogP) is 2.03. The number of amides is 2. The molecule has 6 rings (SSSR count). The number of anilines is 1. The van der Waals surface area contributed by atoms with Crippen LogP contribution in [0.15, 0.2) is 36.8 Å². The van der Waals surface area contributed by atoms with Crippen LogP contribution in [0.4, 0.5) is 19.0 Å². The largest absolute Gasteiger partial charge is 0.408 e. The van der Waals surface area contributed by atoms with Gasteiger partial charge >= 0.3 is 6.18 Å². The number of rotatable bonds is 7. The Kier molecular flexibility index (Phi) is 6.16. The number of primary amides is 2. The Morgan fingerprint density at radius 1 is 1.05 bits per heavy atom. The van der Waals surface area contributed by atoms with Gasteiger partial charge in [0, 0.05) is 48.7 Å². The molecule has 11 nitrogen and oxygen atoms in total. The third-order valence-corrected chi connectivity index (χ3v) is 7.88. The number of benzene rings is 1. The molecule has 0 aliphatic carbocycles. The van der Waals surface area contributed by atoms with Gasteiger partial charge in [-0.25, -0.2) is 9.97 Å². The van der Waals surface area contributed by atoms with Crippen LogP contribution in [0.5, 0.6) is 0 Å². The lowest BCUT2D eigenvalue weighted by Gasteiger charge is -2.25. The number of hydrogen-bond acceptors (Lipinski definition) is 7. The summed E-state index contributed by atoms with van der Waals surface area (Å²) in [7, 11) is 0. The van der Waals surface area contributed by atoms with Crippen LogP contribution >= 0.6 is 0 Å². The van der Waals surface area contributed by atoms with Crippen LogP contribution in [0.2, 0.25) is 0 Å². The van der Waals surface area contributed by atoms with Gasteiger partial charge in [-0.2, -0.15) is 18.3 Å². The fourth-order valence-corrected chi connectivity index (χ4v) is 6.19. The Labute approximate surface area is 226 Å². The summed E-state index contributed by atoms with van der Waals surface area (Å²) in [6.45, 7) is 2.61. The zero-order chi connectivity index (χ0) is 28.2. The summed E-state index contributed by atoms with van der Waals surface area (Å²) in [5.41, 5.74) is 13.2. The second-order valence-electron chi connectivity index (χ2n) is 10.8. The molecule has 2 fully saturated rings. The second-order valence-corrected chi connectivity index (χ2v) is 10.8. The van der Waals surface area contributed by atoms with Gasteiger partial charge in [0.25, 0.3) is 5.91 Å². The zero-order valence-electron chi connectivity index (χ0n) is 21.6. The molecule has 1 unspecified atom stereocenters. The molecule has 2 saturated heterocycles. The molecule has 2 amide bonds. The lowest BCUT2D eigenvalue weighted by Crippen LogP contribution is -2.31. The minimum atomic E-state index is -4.37. The van der Waals surface area contributed by atoms with Crippen LogP contribution in [0.3, 0.4) is 0 Å². The summed E-state index contributed by atoms with van der Waals surface area (Å²) < 4.78 is 41.1. The van der Waals surface area contributed by atoms with Gasteiger partial charge in [0.1, 0.15) is 30.9 Å². The lowest BCUT2D eigenvalue weighted by atomic mass is 9.86. The van der Waals surface area contributed by atoms with Gasteiger partial charge in [0.2, 0.25) is 5.91 Å². The number of alkyl halides is 3. The first kappa shape index (κ1) is 26.0. The van der Waals surface area contributed by atoms with E-state index in [1.807, 2.05) is 18.2 Å². The molecule has 3 aromatic heterocycles. The first-order valence-corrected chi connectivity index (χ1v) is 12.9. The lowest BCUT2D eigenvalue weighted by molar-refractivity contribution is -0.142. The molecule has 4 aromatic rings. The van der Waals surface area contributed by atoms with E-state index in [1.165, 1.54) is 12.5 Å². The quantitative estimate of drug-likeness (QED) is 0.356. The van der Waals surface area contributed by atoms with Gasteiger partial charge < -0.3 is 20.9 Å². The highest BCUT2D eigenvalue weighted by Gasteiger charge is 2.44. The number of nitrogens with two attached hydrogens (primary N) is 2. The summed E-state index contributed by atoms with van der Waals surface area (Å²) in [6, 6.07) is 7.55. The molecule has 4 N–H and O–H groups in total. The van der Waals surface area contributed by atoms with E-state index < -0.39 is 24.5 Å². The van der Waals surface area contributed by atoms with Crippen LogP contribution in [-0.2, 0) is 24.4 Å². The number of carbonyl (C=O) groups excluding carboxylic acids is 2. The van der Waals surface area contributed by atoms with Crippen LogP contribution in [-0.4, -0.2) is 73.4 Å². The maximum atomic E-state index is 12.9. The molecule has 40 heavy (non-hydrogen) atoms. The van der Waals surface area contributed by atoms with E-state index in [1.54, 1.807) is 10.6 Å². The van der Waals surface area contributed by atoms with Gasteiger partial charge in [-0.15, -0.1) is 0 Å². The van der Waals surface area contributed by atoms with Crippen molar-refractivity contribution in [2.45, 2.75) is 38.7 Å². The van der Waals surface area contributed by atoms with E-state index in [9.17, 15) is 22.8 Å². The molecular weight excluding hydrogens is 527 g/mol. The van der Waals surface area contributed by atoms with Gasteiger partial charge in [0.05, 0.1) is 5.39 Å². The highest BCUT2D eigenvalue weighted by Crippen LogP contribution is 2.42. The number of carbonyl (C=O) groups is 2. The number of nitrogens with zero attached hydrogens (tertiary/aromatic N) is 7. The summed E-state index contributed by atoms with van der Waals surface area (Å²) >= 11 is 0. The Morgan fingerprint density at radius 3 is 2.60 bits per heavy atom. The van der Waals surface area contributed by atoms with Crippen molar-refractivity contribution in [3.63, 3.8) is 0 Å². The minimum absolute atomic E-state index is 0.0364. The van der Waals surface area contributed by atoms with E-state index in [2.05, 4.69) is 24.9 Å². The fourth-order valence-electron chi connectivity index (χ4n) is 6.19. The normalized spacial score (nSPS) is 19.9. The van der Waals surface area contributed by atoms with Crippen molar-refractivity contribution in [1.82, 2.24) is 29.2 Å². The molecule has 0 saturated carbocycles. The fraction of sp³-hybridized carbons (Fsp3) is 0.423. The minimum Gasteiger partial charge on any atom is -0.368 e. The van der Waals surface area contributed by atoms with Gasteiger partial charge in [-0.3, -0.25) is 19.2 Å². The molecular formula is C26H28F3N9O2. The van der Waals surface area contributed by atoms with Gasteiger partial charge in [-0.1, -0.05) is 12.1 Å². The van der Waals surface area contributed by atoms with Crippen LogP contribution in [0, 0.1) is 5.41 Å². The van der Waals surface area contributed by atoms with Crippen molar-refractivity contribution in [3.8, 4) is 0 Å². The molecule has 210 valence electrons. The average molecular weight is 556 g/mol. The number of likely N-dealkylation sites (tertiary alicyclic amines) is 1.